The van der Waals surface area contributed by atoms with E-state index < -0.39 is 5.97 Å². The molecule has 0 saturated carbocycles. The number of nitrogens with one attached hydrogen (secondary N) is 1. The van der Waals surface area contributed by atoms with Gasteiger partial charge in [-0.1, -0.05) is 30.7 Å². The lowest BCUT2D eigenvalue weighted by atomic mass is 10.00. The van der Waals surface area contributed by atoms with Crippen LogP contribution in [0.2, 0.25) is 5.02 Å². The Morgan fingerprint density at radius 3 is 2.36 bits per heavy atom. The largest absolute Gasteiger partial charge is 0.478 e. The van der Waals surface area contributed by atoms with Crippen molar-refractivity contribution in [3.63, 3.8) is 0 Å². The number of carbonyl (C=O) groups excluding carboxylic acids is 1. The second-order valence-electron chi connectivity index (χ2n) is 6.16. The van der Waals surface area contributed by atoms with E-state index >= 15 is 0 Å². The molecule has 2 N–H and O–H groups in total. The van der Waals surface area contributed by atoms with Crippen LogP contribution in [-0.4, -0.2) is 31.1 Å². The molecule has 0 aliphatic carbocycles. The molecule has 0 bridgehead atoms. The van der Waals surface area contributed by atoms with Gasteiger partial charge in [-0.15, -0.1) is 0 Å². The number of rotatable bonds is 6. The minimum Gasteiger partial charge on any atom is -0.478 e. The number of amides is 1. The van der Waals surface area contributed by atoms with E-state index in [9.17, 15) is 9.59 Å². The number of carbonyl (C=O) groups is 2. The molecule has 0 radical (unpaired) electrons. The maximum absolute atomic E-state index is 12.4. The monoisotopic (exact) mass is 360 g/mol. The smallest absolute Gasteiger partial charge is 0.335 e. The van der Waals surface area contributed by atoms with Crippen LogP contribution in [0.3, 0.4) is 0 Å². The van der Waals surface area contributed by atoms with Crippen LogP contribution in [0.5, 0.6) is 0 Å². The third-order valence-corrected chi connectivity index (χ3v) is 4.24. The Morgan fingerprint density at radius 1 is 1.16 bits per heavy atom. The molecule has 0 fully saturated rings. The first-order valence-corrected chi connectivity index (χ1v) is 8.25. The molecule has 0 heterocycles. The molecule has 0 aliphatic heterocycles. The third kappa shape index (κ3) is 4.97. The van der Waals surface area contributed by atoms with Gasteiger partial charge >= 0.3 is 5.97 Å². The second-order valence-corrected chi connectivity index (χ2v) is 6.56. The van der Waals surface area contributed by atoms with Gasteiger partial charge in [0.25, 0.3) is 0 Å². The summed E-state index contributed by atoms with van der Waals surface area (Å²) in [6.07, 6.45) is 0.579. The van der Waals surface area contributed by atoms with Gasteiger partial charge in [-0.3, -0.25) is 4.79 Å². The van der Waals surface area contributed by atoms with Crippen molar-refractivity contribution in [2.45, 2.75) is 13.3 Å². The van der Waals surface area contributed by atoms with Gasteiger partial charge in [0, 0.05) is 25.7 Å². The molecule has 1 amide bonds. The van der Waals surface area contributed by atoms with Crippen molar-refractivity contribution in [2.75, 3.05) is 24.3 Å². The van der Waals surface area contributed by atoms with E-state index in [1.807, 2.05) is 50.2 Å². The summed E-state index contributed by atoms with van der Waals surface area (Å²) in [4.78, 5) is 25.5. The highest BCUT2D eigenvalue weighted by molar-refractivity contribution is 6.33. The van der Waals surface area contributed by atoms with E-state index in [1.165, 1.54) is 18.2 Å². The van der Waals surface area contributed by atoms with E-state index in [0.29, 0.717) is 17.1 Å². The summed E-state index contributed by atoms with van der Waals surface area (Å²) in [5.74, 6) is -1.56. The zero-order valence-corrected chi connectivity index (χ0v) is 15.2. The molecule has 1 unspecified atom stereocenters. The normalized spacial score (nSPS) is 11.7. The van der Waals surface area contributed by atoms with Gasteiger partial charge in [-0.05, 0) is 42.3 Å². The maximum Gasteiger partial charge on any atom is 0.335 e. The van der Waals surface area contributed by atoms with Gasteiger partial charge in [0.15, 0.2) is 0 Å². The number of aromatic carboxylic acids is 1. The zero-order valence-electron chi connectivity index (χ0n) is 14.4. The molecule has 5 nitrogen and oxygen atoms in total. The van der Waals surface area contributed by atoms with Crippen molar-refractivity contribution >= 4 is 34.9 Å². The Morgan fingerprint density at radius 2 is 1.80 bits per heavy atom. The van der Waals surface area contributed by atoms with Gasteiger partial charge in [0.2, 0.25) is 5.91 Å². The fraction of sp³-hybridized carbons (Fsp3) is 0.263. The number of carboxylic acids is 1. The fourth-order valence-electron chi connectivity index (χ4n) is 2.39. The predicted molar refractivity (Wildman–Crippen MR) is 101 cm³/mol. The van der Waals surface area contributed by atoms with Crippen molar-refractivity contribution in [1.29, 1.82) is 0 Å². The Labute approximate surface area is 152 Å². The number of carboxylic acid groups (broad SMARTS) is 1. The van der Waals surface area contributed by atoms with Gasteiger partial charge in [0.05, 0.1) is 16.3 Å². The van der Waals surface area contributed by atoms with Crippen LogP contribution in [-0.2, 0) is 11.2 Å². The standard InChI is InChI=1S/C19H21ClN2O3/c1-12(10-13-4-7-15(8-5-13)22(2)3)18(23)21-17-11-14(19(24)25)6-9-16(17)20/h4-9,11-12H,10H2,1-3H3,(H,21,23)(H,24,25). The molecule has 0 aromatic heterocycles. The molecule has 2 aromatic rings. The van der Waals surface area contributed by atoms with Gasteiger partial charge in [-0.25, -0.2) is 4.79 Å². The molecule has 1 atom stereocenters. The number of anilines is 2. The number of benzene rings is 2. The van der Waals surface area contributed by atoms with Crippen molar-refractivity contribution in [3.8, 4) is 0 Å². The minimum absolute atomic E-state index is 0.0756. The second kappa shape index (κ2) is 8.03. The van der Waals surface area contributed by atoms with Crippen LogP contribution in [0.25, 0.3) is 0 Å². The van der Waals surface area contributed by atoms with Crippen LogP contribution in [0, 0.1) is 5.92 Å². The van der Waals surface area contributed by atoms with Crippen LogP contribution >= 0.6 is 11.6 Å². The van der Waals surface area contributed by atoms with Crippen molar-refractivity contribution in [1.82, 2.24) is 0 Å². The molecule has 2 rings (SSSR count). The molecular weight excluding hydrogens is 340 g/mol. The Balaban J connectivity index is 2.05. The summed E-state index contributed by atoms with van der Waals surface area (Å²) in [6.45, 7) is 1.82. The summed E-state index contributed by atoms with van der Waals surface area (Å²) in [5.41, 5.74) is 2.53. The lowest BCUT2D eigenvalue weighted by molar-refractivity contribution is -0.119. The van der Waals surface area contributed by atoms with Crippen LogP contribution in [0.15, 0.2) is 42.5 Å². The molecule has 132 valence electrons. The number of nitrogens with zero attached hydrogens (tertiary/aromatic N) is 1. The fourth-order valence-corrected chi connectivity index (χ4v) is 2.55. The Hall–Kier alpha value is -2.53. The molecule has 25 heavy (non-hydrogen) atoms. The molecule has 6 heteroatoms. The SMILES string of the molecule is CC(Cc1ccc(N(C)C)cc1)C(=O)Nc1cc(C(=O)O)ccc1Cl. The average molecular weight is 361 g/mol. The highest BCUT2D eigenvalue weighted by atomic mass is 35.5. The molecular formula is C19H21ClN2O3. The van der Waals surface area contributed by atoms with Crippen LogP contribution in [0.4, 0.5) is 11.4 Å². The van der Waals surface area contributed by atoms with Crippen molar-refractivity contribution < 1.29 is 14.7 Å². The quantitative estimate of drug-likeness (QED) is 0.819. The maximum atomic E-state index is 12.4. The van der Waals surface area contributed by atoms with Crippen LogP contribution < -0.4 is 10.2 Å². The van der Waals surface area contributed by atoms with Crippen LogP contribution in [0.1, 0.15) is 22.8 Å². The lowest BCUT2D eigenvalue weighted by Crippen LogP contribution is -2.22. The zero-order chi connectivity index (χ0) is 18.6. The van der Waals surface area contributed by atoms with E-state index in [0.717, 1.165) is 11.3 Å². The number of halogens is 1. The predicted octanol–water partition coefficient (Wildman–Crippen LogP) is 3.92. The minimum atomic E-state index is -1.07. The van der Waals surface area contributed by atoms with E-state index in [2.05, 4.69) is 5.32 Å². The topological polar surface area (TPSA) is 69.6 Å². The average Bonchev–Trinajstić information content (AvgIpc) is 2.57. The lowest BCUT2D eigenvalue weighted by Gasteiger charge is -2.15. The van der Waals surface area contributed by atoms with E-state index in [1.54, 1.807) is 0 Å². The first-order chi connectivity index (χ1) is 11.8. The number of hydrogen-bond acceptors (Lipinski definition) is 3. The summed E-state index contributed by atoms with van der Waals surface area (Å²) in [7, 11) is 3.94. The molecule has 0 aliphatic rings. The van der Waals surface area contributed by atoms with Gasteiger partial charge in [0.1, 0.15) is 0 Å². The highest BCUT2D eigenvalue weighted by Crippen LogP contribution is 2.24. The molecule has 0 spiro atoms. The first-order valence-electron chi connectivity index (χ1n) is 7.88. The summed E-state index contributed by atoms with van der Waals surface area (Å²) in [5, 5.41) is 12.1. The molecule has 2 aromatic carbocycles. The molecule has 0 saturated heterocycles. The summed E-state index contributed by atoms with van der Waals surface area (Å²) >= 11 is 6.04. The third-order valence-electron chi connectivity index (χ3n) is 3.91. The Bertz CT molecular complexity index is 773. The first kappa shape index (κ1) is 18.8. The van der Waals surface area contributed by atoms with Gasteiger partial charge < -0.3 is 15.3 Å². The summed E-state index contributed by atoms with van der Waals surface area (Å²) < 4.78 is 0. The number of hydrogen-bond donors (Lipinski definition) is 2. The summed E-state index contributed by atoms with van der Waals surface area (Å²) in [6, 6.07) is 12.2. The van der Waals surface area contributed by atoms with E-state index in [4.69, 9.17) is 16.7 Å². The Kier molecular flexibility index (Phi) is 6.04. The van der Waals surface area contributed by atoms with Gasteiger partial charge in [-0.2, -0.15) is 0 Å². The highest BCUT2D eigenvalue weighted by Gasteiger charge is 2.16. The van der Waals surface area contributed by atoms with E-state index in [-0.39, 0.29) is 17.4 Å². The van der Waals surface area contributed by atoms with Crippen molar-refractivity contribution in [2.24, 2.45) is 5.92 Å². The van der Waals surface area contributed by atoms with Crippen molar-refractivity contribution in [3.05, 3.63) is 58.6 Å².